The highest BCUT2D eigenvalue weighted by Gasteiger charge is 2.60. The Hall–Kier alpha value is -0.220. The molecule has 4 aliphatic carbocycles. The first-order valence-electron chi connectivity index (χ1n) is 9.98. The molecule has 0 radical (unpaired) electrons. The van der Waals surface area contributed by atoms with Gasteiger partial charge in [0.1, 0.15) is 5.78 Å². The molecule has 2 nitrogen and oxygen atoms in total. The van der Waals surface area contributed by atoms with Crippen molar-refractivity contribution in [2.45, 2.75) is 65.7 Å². The average molecular weight is 484 g/mol. The van der Waals surface area contributed by atoms with Crippen molar-refractivity contribution in [3.05, 3.63) is 20.6 Å². The minimum Gasteiger partial charge on any atom is -0.300 e. The highest BCUT2D eigenvalue weighted by atomic mass is 79.9. The summed E-state index contributed by atoms with van der Waals surface area (Å²) in [5.74, 6) is 2.78. The predicted molar refractivity (Wildman–Crippen MR) is 111 cm³/mol. The van der Waals surface area contributed by atoms with E-state index in [1.165, 1.54) is 24.0 Å². The van der Waals surface area contributed by atoms with Crippen LogP contribution in [-0.4, -0.2) is 11.6 Å². The molecule has 0 spiro atoms. The number of hydrogen-bond acceptors (Lipinski definition) is 2. The fraction of sp³-hybridized carbons (Fsp3) is 0.727. The van der Waals surface area contributed by atoms with Gasteiger partial charge in [-0.15, -0.1) is 0 Å². The number of fused-ring (bicyclic) bond motifs is 5. The van der Waals surface area contributed by atoms with E-state index in [0.717, 1.165) is 29.1 Å². The van der Waals surface area contributed by atoms with Crippen LogP contribution in [0.25, 0.3) is 0 Å². The molecule has 142 valence electrons. The van der Waals surface area contributed by atoms with Gasteiger partial charge in [0.2, 0.25) is 0 Å². The quantitative estimate of drug-likeness (QED) is 0.436. The fourth-order valence-electron chi connectivity index (χ4n) is 7.29. The van der Waals surface area contributed by atoms with Gasteiger partial charge in [0.15, 0.2) is 5.78 Å². The summed E-state index contributed by atoms with van der Waals surface area (Å²) in [7, 11) is 0. The maximum atomic E-state index is 12.3. The van der Waals surface area contributed by atoms with Gasteiger partial charge in [-0.3, -0.25) is 9.59 Å². The Labute approximate surface area is 173 Å². The van der Waals surface area contributed by atoms with Crippen LogP contribution < -0.4 is 0 Å². The molecule has 4 aliphatic rings. The summed E-state index contributed by atoms with van der Waals surface area (Å²) in [5, 5.41) is 0. The van der Waals surface area contributed by atoms with Gasteiger partial charge in [-0.25, -0.2) is 0 Å². The molecule has 0 aliphatic heterocycles. The molecule has 0 N–H and O–H groups in total. The summed E-state index contributed by atoms with van der Waals surface area (Å²) in [6.45, 7) is 6.57. The number of Topliss-reactive ketones (excluding diaryl/α,β-unsaturated/α-hetero) is 1. The zero-order chi connectivity index (χ0) is 18.9. The fourth-order valence-corrected chi connectivity index (χ4v) is 8.04. The van der Waals surface area contributed by atoms with Crippen LogP contribution >= 0.6 is 31.9 Å². The first-order valence-corrected chi connectivity index (χ1v) is 11.6. The monoisotopic (exact) mass is 482 g/mol. The zero-order valence-corrected chi connectivity index (χ0v) is 19.1. The summed E-state index contributed by atoms with van der Waals surface area (Å²) >= 11 is 7.34. The van der Waals surface area contributed by atoms with Crippen molar-refractivity contribution in [3.63, 3.8) is 0 Å². The SMILES string of the molecule is CC(=O)[C@H]1CC[C@H]2[C@@H]3CC(=C(Br)Br)C4=CC(=O)CC[C@]4(C)[C@H]3CC[C@]12C. The van der Waals surface area contributed by atoms with Crippen LogP contribution in [0, 0.1) is 34.5 Å². The van der Waals surface area contributed by atoms with Crippen molar-refractivity contribution in [3.8, 4) is 0 Å². The molecule has 4 rings (SSSR count). The molecule has 3 fully saturated rings. The van der Waals surface area contributed by atoms with E-state index in [9.17, 15) is 9.59 Å². The third-order valence-corrected chi connectivity index (χ3v) is 9.51. The van der Waals surface area contributed by atoms with Crippen LogP contribution in [-0.2, 0) is 9.59 Å². The smallest absolute Gasteiger partial charge is 0.156 e. The van der Waals surface area contributed by atoms with Crippen LogP contribution in [0.15, 0.2) is 20.6 Å². The lowest BCUT2D eigenvalue weighted by Gasteiger charge is -2.58. The second-order valence-corrected chi connectivity index (χ2v) is 12.2. The minimum absolute atomic E-state index is 0.0919. The molecule has 4 heteroatoms. The van der Waals surface area contributed by atoms with E-state index < -0.39 is 0 Å². The number of carbonyl (C=O) groups excluding carboxylic acids is 2. The van der Waals surface area contributed by atoms with Gasteiger partial charge in [0, 0.05) is 12.3 Å². The average Bonchev–Trinajstić information content (AvgIpc) is 2.92. The summed E-state index contributed by atoms with van der Waals surface area (Å²) in [6.07, 6.45) is 9.19. The Balaban J connectivity index is 1.78. The first-order chi connectivity index (χ1) is 12.2. The normalized spacial score (nSPS) is 44.7. The molecule has 0 saturated heterocycles. The van der Waals surface area contributed by atoms with Gasteiger partial charge in [0.05, 0.1) is 3.39 Å². The number of halogens is 2. The van der Waals surface area contributed by atoms with Gasteiger partial charge in [-0.05, 0) is 123 Å². The zero-order valence-electron chi connectivity index (χ0n) is 15.9. The molecule has 0 amide bonds. The Bertz CT molecular complexity index is 732. The molecule has 0 bridgehead atoms. The van der Waals surface area contributed by atoms with E-state index in [2.05, 4.69) is 45.7 Å². The number of hydrogen-bond donors (Lipinski definition) is 0. The Morgan fingerprint density at radius 2 is 1.85 bits per heavy atom. The predicted octanol–water partition coefficient (Wildman–Crippen LogP) is 6.33. The third-order valence-electron chi connectivity index (χ3n) is 8.55. The standard InChI is InChI=1S/C22H28Br2O2/c1-12(25)16-4-5-17-14-11-15(20(23)24)19-10-13(26)6-8-22(19,3)18(14)7-9-21(16,17)2/h10,14,16-18H,4-9,11H2,1-3H3/t14-,16+,17-,18-,21+,22+/m0/s1. The van der Waals surface area contributed by atoms with Gasteiger partial charge in [0.25, 0.3) is 0 Å². The van der Waals surface area contributed by atoms with Gasteiger partial charge in [-0.2, -0.15) is 0 Å². The van der Waals surface area contributed by atoms with Crippen molar-refractivity contribution in [2.75, 3.05) is 0 Å². The van der Waals surface area contributed by atoms with Gasteiger partial charge < -0.3 is 0 Å². The Morgan fingerprint density at radius 3 is 2.50 bits per heavy atom. The molecule has 26 heavy (non-hydrogen) atoms. The highest BCUT2D eigenvalue weighted by Crippen LogP contribution is 2.68. The molecule has 0 heterocycles. The lowest BCUT2D eigenvalue weighted by atomic mass is 9.46. The van der Waals surface area contributed by atoms with Crippen LogP contribution in [0.3, 0.4) is 0 Å². The molecule has 0 aromatic rings. The number of allylic oxidation sites excluding steroid dienone is 2. The lowest BCUT2D eigenvalue weighted by Crippen LogP contribution is -2.51. The van der Waals surface area contributed by atoms with E-state index in [-0.39, 0.29) is 22.5 Å². The van der Waals surface area contributed by atoms with E-state index in [1.54, 1.807) is 6.92 Å². The second kappa shape index (κ2) is 6.40. The number of carbonyl (C=O) groups is 2. The van der Waals surface area contributed by atoms with Crippen LogP contribution in [0.1, 0.15) is 65.7 Å². The summed E-state index contributed by atoms with van der Waals surface area (Å²) in [5.41, 5.74) is 2.81. The molecular formula is C22H28Br2O2. The second-order valence-electron chi connectivity index (χ2n) is 9.55. The molecule has 3 saturated carbocycles. The maximum absolute atomic E-state index is 12.3. The highest BCUT2D eigenvalue weighted by molar-refractivity contribution is 9.28. The van der Waals surface area contributed by atoms with E-state index in [1.807, 2.05) is 6.08 Å². The van der Waals surface area contributed by atoms with Crippen LogP contribution in [0.5, 0.6) is 0 Å². The first kappa shape index (κ1) is 19.1. The van der Waals surface area contributed by atoms with Crippen molar-refractivity contribution >= 4 is 43.4 Å². The Morgan fingerprint density at radius 1 is 1.12 bits per heavy atom. The molecule has 0 aromatic heterocycles. The van der Waals surface area contributed by atoms with Crippen molar-refractivity contribution < 1.29 is 9.59 Å². The third kappa shape index (κ3) is 2.61. The summed E-state index contributed by atoms with van der Waals surface area (Å²) in [6, 6.07) is 0. The number of ketones is 2. The minimum atomic E-state index is 0.0919. The summed E-state index contributed by atoms with van der Waals surface area (Å²) in [4.78, 5) is 24.5. The number of rotatable bonds is 1. The lowest BCUT2D eigenvalue weighted by molar-refractivity contribution is -0.128. The molecule has 6 atom stereocenters. The van der Waals surface area contributed by atoms with Crippen molar-refractivity contribution in [1.29, 1.82) is 0 Å². The van der Waals surface area contributed by atoms with E-state index >= 15 is 0 Å². The topological polar surface area (TPSA) is 34.1 Å². The maximum Gasteiger partial charge on any atom is 0.156 e. The molecule has 0 aromatic carbocycles. The Kier molecular flexibility index (Phi) is 4.71. The van der Waals surface area contributed by atoms with Crippen LogP contribution in [0.4, 0.5) is 0 Å². The van der Waals surface area contributed by atoms with Gasteiger partial charge in [-0.1, -0.05) is 13.8 Å². The van der Waals surface area contributed by atoms with Crippen molar-refractivity contribution in [1.82, 2.24) is 0 Å². The van der Waals surface area contributed by atoms with Crippen LogP contribution in [0.2, 0.25) is 0 Å². The largest absolute Gasteiger partial charge is 0.300 e. The molecular weight excluding hydrogens is 456 g/mol. The van der Waals surface area contributed by atoms with E-state index in [4.69, 9.17) is 0 Å². The van der Waals surface area contributed by atoms with Gasteiger partial charge >= 0.3 is 0 Å². The molecule has 0 unspecified atom stereocenters. The van der Waals surface area contributed by atoms with E-state index in [0.29, 0.717) is 30.0 Å². The van der Waals surface area contributed by atoms with Crippen molar-refractivity contribution in [2.24, 2.45) is 34.5 Å². The summed E-state index contributed by atoms with van der Waals surface area (Å²) < 4.78 is 1.00.